The van der Waals surface area contributed by atoms with Gasteiger partial charge < -0.3 is 18.7 Å². The average Bonchev–Trinajstić information content (AvgIpc) is 2.14. The lowest BCUT2D eigenvalue weighted by Gasteiger charge is -2.27. The summed E-state index contributed by atoms with van der Waals surface area (Å²) in [5.41, 5.74) is 0. The first-order valence-corrected chi connectivity index (χ1v) is 6.52. The van der Waals surface area contributed by atoms with Crippen molar-refractivity contribution in [1.82, 2.24) is 0 Å². The summed E-state index contributed by atoms with van der Waals surface area (Å²) in [6, 6.07) is 0. The maximum atomic E-state index is 9.45. The highest BCUT2D eigenvalue weighted by atomic mass is 28.4. The fourth-order valence-corrected chi connectivity index (χ4v) is 1.49. The molecule has 0 aromatic rings. The lowest BCUT2D eigenvalue weighted by Crippen LogP contribution is -2.45. The van der Waals surface area contributed by atoms with Crippen molar-refractivity contribution in [3.63, 3.8) is 0 Å². The van der Waals surface area contributed by atoms with Crippen LogP contribution in [0.15, 0.2) is 12.7 Å². The predicted molar refractivity (Wildman–Crippen MR) is 52.4 cm³/mol. The molecule has 0 saturated heterocycles. The van der Waals surface area contributed by atoms with Crippen molar-refractivity contribution in [2.75, 3.05) is 20.4 Å². The van der Waals surface area contributed by atoms with Crippen LogP contribution in [0.3, 0.4) is 0 Å². The van der Waals surface area contributed by atoms with Crippen LogP contribution in [0, 0.1) is 0 Å². The minimum Gasteiger partial charge on any atom is -0.396 e. The summed E-state index contributed by atoms with van der Waals surface area (Å²) in [6.07, 6.45) is 1.59. The molecular formula is C8H18O4Si. The molecule has 0 bridgehead atoms. The van der Waals surface area contributed by atoms with Gasteiger partial charge in [0.2, 0.25) is 0 Å². The first-order valence-electron chi connectivity index (χ1n) is 3.99. The van der Waals surface area contributed by atoms with E-state index in [0.29, 0.717) is 0 Å². The zero-order valence-corrected chi connectivity index (χ0v) is 9.66. The monoisotopic (exact) mass is 206 g/mol. The molecule has 0 aromatic heterocycles. The summed E-state index contributed by atoms with van der Waals surface area (Å²) in [6.45, 7) is 6.81. The van der Waals surface area contributed by atoms with Gasteiger partial charge in [0.05, 0.1) is 6.23 Å². The van der Waals surface area contributed by atoms with Gasteiger partial charge in [-0.1, -0.05) is 6.58 Å². The van der Waals surface area contributed by atoms with Gasteiger partial charge in [-0.3, -0.25) is 0 Å². The highest BCUT2D eigenvalue weighted by Gasteiger charge is 2.32. The van der Waals surface area contributed by atoms with Gasteiger partial charge in [-0.05, 0) is 19.5 Å². The smallest absolute Gasteiger partial charge is 0.361 e. The van der Waals surface area contributed by atoms with Crippen LogP contribution in [0.5, 0.6) is 0 Å². The average molecular weight is 206 g/mol. The van der Waals surface area contributed by atoms with Crippen molar-refractivity contribution in [2.45, 2.75) is 19.3 Å². The van der Waals surface area contributed by atoms with Crippen LogP contribution in [-0.4, -0.2) is 39.9 Å². The normalized spacial score (nSPS) is 16.7. The van der Waals surface area contributed by atoms with Gasteiger partial charge in [-0.2, -0.15) is 0 Å². The first-order chi connectivity index (χ1) is 5.89. The molecule has 0 aliphatic heterocycles. The van der Waals surface area contributed by atoms with Crippen molar-refractivity contribution < 1.29 is 18.7 Å². The molecular weight excluding hydrogens is 188 g/mol. The molecule has 0 aromatic carbocycles. The Labute approximate surface area is 80.4 Å². The zero-order valence-electron chi connectivity index (χ0n) is 8.66. The van der Waals surface area contributed by atoms with Crippen LogP contribution in [0.25, 0.3) is 0 Å². The second-order valence-electron chi connectivity index (χ2n) is 3.09. The van der Waals surface area contributed by atoms with Gasteiger partial charge in [0, 0.05) is 14.2 Å². The summed E-state index contributed by atoms with van der Waals surface area (Å²) in [5.74, 6) is -1.31. The minimum atomic E-state index is -2.25. The molecule has 13 heavy (non-hydrogen) atoms. The Morgan fingerprint density at radius 2 is 1.92 bits per heavy atom. The summed E-state index contributed by atoms with van der Waals surface area (Å²) < 4.78 is 15.5. The third-order valence-corrected chi connectivity index (χ3v) is 4.26. The maximum Gasteiger partial charge on any atom is 0.361 e. The highest BCUT2D eigenvalue weighted by Crippen LogP contribution is 2.12. The Bertz CT molecular complexity index is 166. The molecule has 1 N–H and O–H groups in total. The SMILES string of the molecule is C=C[C@@](C)(O)OC[Si](C)(OC)OC. The summed E-state index contributed by atoms with van der Waals surface area (Å²) in [5, 5.41) is 9.45. The number of hydrogen-bond acceptors (Lipinski definition) is 4. The van der Waals surface area contributed by atoms with Crippen molar-refractivity contribution >= 4 is 8.56 Å². The number of aliphatic hydroxyl groups is 1. The summed E-state index contributed by atoms with van der Waals surface area (Å²) in [7, 11) is 0.889. The van der Waals surface area contributed by atoms with Crippen molar-refractivity contribution in [3.05, 3.63) is 12.7 Å². The van der Waals surface area contributed by atoms with E-state index < -0.39 is 14.3 Å². The van der Waals surface area contributed by atoms with E-state index in [1.165, 1.54) is 13.0 Å². The quantitative estimate of drug-likeness (QED) is 0.397. The van der Waals surface area contributed by atoms with Gasteiger partial charge in [0.25, 0.3) is 0 Å². The Morgan fingerprint density at radius 3 is 2.23 bits per heavy atom. The Balaban J connectivity index is 4.06. The van der Waals surface area contributed by atoms with Gasteiger partial charge >= 0.3 is 8.56 Å². The molecule has 0 aliphatic carbocycles. The lowest BCUT2D eigenvalue weighted by atomic mass is 10.3. The molecule has 1 atom stereocenters. The van der Waals surface area contributed by atoms with E-state index >= 15 is 0 Å². The third kappa shape index (κ3) is 4.54. The molecule has 0 radical (unpaired) electrons. The third-order valence-electron chi connectivity index (χ3n) is 1.87. The fraction of sp³-hybridized carbons (Fsp3) is 0.750. The largest absolute Gasteiger partial charge is 0.396 e. The second kappa shape index (κ2) is 4.87. The molecule has 0 amide bonds. The van der Waals surface area contributed by atoms with Crippen molar-refractivity contribution in [1.29, 1.82) is 0 Å². The molecule has 0 aliphatic rings. The number of ether oxygens (including phenoxy) is 1. The Hall–Kier alpha value is -0.203. The Morgan fingerprint density at radius 1 is 1.46 bits per heavy atom. The van der Waals surface area contributed by atoms with E-state index in [1.807, 2.05) is 6.55 Å². The van der Waals surface area contributed by atoms with Crippen LogP contribution in [0.1, 0.15) is 6.92 Å². The minimum absolute atomic E-state index is 0.263. The molecule has 78 valence electrons. The second-order valence-corrected chi connectivity index (χ2v) is 6.46. The van der Waals surface area contributed by atoms with Crippen LogP contribution < -0.4 is 0 Å². The molecule has 4 nitrogen and oxygen atoms in total. The Kier molecular flexibility index (Phi) is 4.80. The molecule has 0 rings (SSSR count). The summed E-state index contributed by atoms with van der Waals surface area (Å²) in [4.78, 5) is 0. The van der Waals surface area contributed by atoms with E-state index in [-0.39, 0.29) is 6.23 Å². The molecule has 0 saturated carbocycles. The lowest BCUT2D eigenvalue weighted by molar-refractivity contribution is -0.144. The van der Waals surface area contributed by atoms with Crippen molar-refractivity contribution in [3.8, 4) is 0 Å². The van der Waals surface area contributed by atoms with Crippen LogP contribution in [-0.2, 0) is 13.6 Å². The van der Waals surface area contributed by atoms with E-state index in [1.54, 1.807) is 14.2 Å². The molecule has 0 unspecified atom stereocenters. The topological polar surface area (TPSA) is 47.9 Å². The molecule has 0 fully saturated rings. The van der Waals surface area contributed by atoms with E-state index in [4.69, 9.17) is 13.6 Å². The van der Waals surface area contributed by atoms with Gasteiger partial charge in [0.15, 0.2) is 5.79 Å². The summed E-state index contributed by atoms with van der Waals surface area (Å²) >= 11 is 0. The predicted octanol–water partition coefficient (Wildman–Crippen LogP) is 0.801. The maximum absolute atomic E-state index is 9.45. The fourth-order valence-electron chi connectivity index (χ4n) is 0.537. The highest BCUT2D eigenvalue weighted by molar-refractivity contribution is 6.65. The number of hydrogen-bond donors (Lipinski definition) is 1. The van der Waals surface area contributed by atoms with E-state index in [2.05, 4.69) is 6.58 Å². The number of rotatable bonds is 6. The van der Waals surface area contributed by atoms with Gasteiger partial charge in [0.1, 0.15) is 0 Å². The van der Waals surface area contributed by atoms with Crippen LogP contribution in [0.2, 0.25) is 6.55 Å². The van der Waals surface area contributed by atoms with E-state index in [0.717, 1.165) is 0 Å². The van der Waals surface area contributed by atoms with Gasteiger partial charge in [-0.15, -0.1) is 0 Å². The van der Waals surface area contributed by atoms with Crippen LogP contribution in [0.4, 0.5) is 0 Å². The van der Waals surface area contributed by atoms with Crippen molar-refractivity contribution in [2.24, 2.45) is 0 Å². The molecule has 0 heterocycles. The van der Waals surface area contributed by atoms with E-state index in [9.17, 15) is 5.11 Å². The van der Waals surface area contributed by atoms with Gasteiger partial charge in [-0.25, -0.2) is 0 Å². The molecule has 5 heteroatoms. The molecule has 0 spiro atoms. The first kappa shape index (κ1) is 12.8. The zero-order chi connectivity index (χ0) is 10.5. The standard InChI is InChI=1S/C8H18O4Si/c1-6-8(2,9)12-7-13(5,10-3)11-4/h6,9H,1,7H2,2-5H3/t8-/m0/s1. The van der Waals surface area contributed by atoms with Crippen LogP contribution >= 0.6 is 0 Å².